The van der Waals surface area contributed by atoms with E-state index >= 15 is 0 Å². The highest BCUT2D eigenvalue weighted by atomic mass is 32.2. The predicted molar refractivity (Wildman–Crippen MR) is 170 cm³/mol. The van der Waals surface area contributed by atoms with Crippen molar-refractivity contribution < 1.29 is 61.6 Å². The molecule has 0 spiro atoms. The number of hydrogen-bond acceptors (Lipinski definition) is 12. The Morgan fingerprint density at radius 1 is 0.848 bits per heavy atom. The van der Waals surface area contributed by atoms with E-state index in [-0.39, 0.29) is 50.1 Å². The Kier molecular flexibility index (Phi) is 24.3. The van der Waals surface area contributed by atoms with E-state index in [0.717, 1.165) is 0 Å². The number of alkyl carbamates (subject to hydrolysis) is 1. The lowest BCUT2D eigenvalue weighted by Gasteiger charge is -2.28. The average molecular weight is 682 g/mol. The summed E-state index contributed by atoms with van der Waals surface area (Å²) in [6.07, 6.45) is 0.666. The van der Waals surface area contributed by atoms with Gasteiger partial charge in [0.2, 0.25) is 5.91 Å². The average Bonchev–Trinajstić information content (AvgIpc) is 2.94. The van der Waals surface area contributed by atoms with Gasteiger partial charge in [-0.2, -0.15) is 0 Å². The molecule has 0 aliphatic rings. The van der Waals surface area contributed by atoms with E-state index in [9.17, 15) is 36.9 Å². The van der Waals surface area contributed by atoms with Crippen LogP contribution in [0.2, 0.25) is 0 Å². The zero-order valence-corrected chi connectivity index (χ0v) is 29.7. The van der Waals surface area contributed by atoms with Gasteiger partial charge in [-0.3, -0.25) is 9.59 Å². The van der Waals surface area contributed by atoms with Crippen LogP contribution >= 0.6 is 0 Å². The second-order valence-corrected chi connectivity index (χ2v) is 12.9. The molecule has 2 amide bonds. The van der Waals surface area contributed by atoms with Crippen molar-refractivity contribution in [2.75, 3.05) is 45.3 Å². The normalized spacial score (nSPS) is 11.5. The Balaban J connectivity index is -0.000000663. The molecule has 0 aliphatic carbocycles. The maximum absolute atomic E-state index is 11.6. The highest BCUT2D eigenvalue weighted by Crippen LogP contribution is 2.21. The Bertz CT molecular complexity index is 1120. The zero-order chi connectivity index (χ0) is 36.7. The van der Waals surface area contributed by atoms with Gasteiger partial charge in [-0.15, -0.1) is 0 Å². The lowest BCUT2D eigenvalue weighted by atomic mass is 9.91. The SMILES string of the molecule is C=C(C)C(=O)OCCNC(=O)OCCOC(=O)C(C)(C)CC.C=C(C)C(=O)OCC[NH3+].CCC(C)C(=O)NC(C)(C)CS(=O)(=O)[O-]. The summed E-state index contributed by atoms with van der Waals surface area (Å²) >= 11 is 0. The number of carbonyl (C=O) groups is 5. The van der Waals surface area contributed by atoms with Crippen LogP contribution in [0.3, 0.4) is 0 Å². The van der Waals surface area contributed by atoms with Crippen molar-refractivity contribution in [3.8, 4) is 0 Å². The van der Waals surface area contributed by atoms with Crippen molar-refractivity contribution >= 4 is 40.0 Å². The Labute approximate surface area is 273 Å². The summed E-state index contributed by atoms with van der Waals surface area (Å²) in [5.74, 6) is -2.18. The number of hydrogen-bond donors (Lipinski definition) is 3. The third kappa shape index (κ3) is 26.9. The molecule has 0 radical (unpaired) electrons. The first-order chi connectivity index (χ1) is 21.0. The minimum atomic E-state index is -4.32. The summed E-state index contributed by atoms with van der Waals surface area (Å²) in [6.45, 7) is 23.2. The number of carbonyl (C=O) groups excluding carboxylic acids is 5. The molecule has 5 N–H and O–H groups in total. The second kappa shape index (κ2) is 23.8. The van der Waals surface area contributed by atoms with Crippen molar-refractivity contribution in [2.24, 2.45) is 11.3 Å². The van der Waals surface area contributed by atoms with Crippen molar-refractivity contribution in [1.82, 2.24) is 10.6 Å². The molecule has 1 atom stereocenters. The monoisotopic (exact) mass is 681 g/mol. The molecule has 0 rings (SSSR count). The number of nitrogens with one attached hydrogen (secondary N) is 2. The highest BCUT2D eigenvalue weighted by molar-refractivity contribution is 7.85. The standard InChI is InChI=1S/C15H25NO6.C9H19NO4S.C6H11NO2/c1-6-15(4,5)13(18)21-9-10-22-14(19)16-7-8-20-12(17)11(2)3;1-5-7(2)8(11)10-9(3,4)6-15(12,13)14;1-5(2)6(8)9-4-3-7/h2,6-10H2,1,3-5H3,(H,16,19);7H,5-6H2,1-4H3,(H,10,11)(H,12,13,14);1,3-4,7H2,2H3. The first-order valence-electron chi connectivity index (χ1n) is 14.7. The molecular weight excluding hydrogens is 626 g/mol. The van der Waals surface area contributed by atoms with Gasteiger partial charge in [-0.1, -0.05) is 33.9 Å². The summed E-state index contributed by atoms with van der Waals surface area (Å²) in [6, 6.07) is 0. The number of esters is 3. The Morgan fingerprint density at radius 2 is 1.33 bits per heavy atom. The summed E-state index contributed by atoms with van der Waals surface area (Å²) in [5.41, 5.74) is 2.68. The highest BCUT2D eigenvalue weighted by Gasteiger charge is 2.27. The van der Waals surface area contributed by atoms with Crippen molar-refractivity contribution in [3.63, 3.8) is 0 Å². The summed E-state index contributed by atoms with van der Waals surface area (Å²) in [7, 11) is -4.32. The van der Waals surface area contributed by atoms with E-state index in [4.69, 9.17) is 14.2 Å². The first kappa shape index (κ1) is 46.9. The second-order valence-electron chi connectivity index (χ2n) is 11.5. The lowest BCUT2D eigenvalue weighted by molar-refractivity contribution is -0.372. The van der Waals surface area contributed by atoms with E-state index in [1.165, 1.54) is 20.8 Å². The van der Waals surface area contributed by atoms with Crippen LogP contribution in [0.5, 0.6) is 0 Å². The van der Waals surface area contributed by atoms with E-state index in [2.05, 4.69) is 34.3 Å². The molecule has 1 unspecified atom stereocenters. The molecule has 46 heavy (non-hydrogen) atoms. The van der Waals surface area contributed by atoms with Crippen LogP contribution in [0, 0.1) is 11.3 Å². The van der Waals surface area contributed by atoms with E-state index in [1.54, 1.807) is 27.7 Å². The molecule has 16 heteroatoms. The smallest absolute Gasteiger partial charge is 0.407 e. The minimum Gasteiger partial charge on any atom is -0.748 e. The summed E-state index contributed by atoms with van der Waals surface area (Å²) < 4.78 is 50.9. The maximum atomic E-state index is 11.6. The van der Waals surface area contributed by atoms with Gasteiger partial charge in [0.1, 0.15) is 33.0 Å². The Hall–Kier alpha value is -3.50. The topological polar surface area (TPSA) is 231 Å². The molecular formula is C30H55N3O12S. The fraction of sp³-hybridized carbons (Fsp3) is 0.700. The van der Waals surface area contributed by atoms with Crippen LogP contribution in [0.1, 0.15) is 75.2 Å². The zero-order valence-electron chi connectivity index (χ0n) is 28.9. The van der Waals surface area contributed by atoms with Gasteiger partial charge >= 0.3 is 24.0 Å². The van der Waals surface area contributed by atoms with E-state index < -0.39 is 38.9 Å². The molecule has 0 aromatic rings. The van der Waals surface area contributed by atoms with Crippen LogP contribution in [-0.4, -0.2) is 93.7 Å². The van der Waals surface area contributed by atoms with Gasteiger partial charge in [0.05, 0.1) is 27.8 Å². The third-order valence-electron chi connectivity index (χ3n) is 5.72. The maximum Gasteiger partial charge on any atom is 0.407 e. The minimum absolute atomic E-state index is 0.000325. The number of amides is 2. The van der Waals surface area contributed by atoms with Crippen molar-refractivity contribution in [1.29, 1.82) is 0 Å². The fourth-order valence-corrected chi connectivity index (χ4v) is 3.44. The van der Waals surface area contributed by atoms with Crippen LogP contribution in [0.25, 0.3) is 0 Å². The number of rotatable bonds is 17. The molecule has 0 bridgehead atoms. The van der Waals surface area contributed by atoms with Gasteiger partial charge in [-0.05, 0) is 54.4 Å². The molecule has 0 aromatic heterocycles. The summed E-state index contributed by atoms with van der Waals surface area (Å²) in [4.78, 5) is 56.0. The van der Waals surface area contributed by atoms with Gasteiger partial charge in [-0.25, -0.2) is 22.8 Å². The van der Waals surface area contributed by atoms with Gasteiger partial charge < -0.3 is 39.9 Å². The molecule has 0 heterocycles. The van der Waals surface area contributed by atoms with Gasteiger partial charge in [0.15, 0.2) is 0 Å². The van der Waals surface area contributed by atoms with Crippen molar-refractivity contribution in [2.45, 2.75) is 80.7 Å². The largest absolute Gasteiger partial charge is 0.748 e. The number of ether oxygens (including phenoxy) is 4. The van der Waals surface area contributed by atoms with Crippen molar-refractivity contribution in [3.05, 3.63) is 24.3 Å². The quantitative estimate of drug-likeness (QED) is 0.0654. The van der Waals surface area contributed by atoms with Gasteiger partial charge in [0.25, 0.3) is 0 Å². The fourth-order valence-electron chi connectivity index (χ4n) is 2.49. The van der Waals surface area contributed by atoms with E-state index in [0.29, 0.717) is 37.1 Å². The first-order valence-corrected chi connectivity index (χ1v) is 16.3. The molecule has 268 valence electrons. The van der Waals surface area contributed by atoms with Crippen LogP contribution in [0.4, 0.5) is 4.79 Å². The van der Waals surface area contributed by atoms with Gasteiger partial charge in [0, 0.05) is 22.6 Å². The van der Waals surface area contributed by atoms with Crippen LogP contribution in [-0.2, 0) is 48.2 Å². The number of quaternary nitrogens is 1. The molecule has 0 saturated heterocycles. The van der Waals surface area contributed by atoms with Crippen LogP contribution in [0.15, 0.2) is 24.3 Å². The Morgan fingerprint density at radius 3 is 1.74 bits per heavy atom. The molecule has 0 aromatic carbocycles. The molecule has 0 fully saturated rings. The van der Waals surface area contributed by atoms with Crippen LogP contribution < -0.4 is 16.4 Å². The molecule has 15 nitrogen and oxygen atoms in total. The van der Waals surface area contributed by atoms with E-state index in [1.807, 2.05) is 13.8 Å². The summed E-state index contributed by atoms with van der Waals surface area (Å²) in [5, 5.41) is 4.94. The molecule has 0 saturated carbocycles. The predicted octanol–water partition coefficient (Wildman–Crippen LogP) is 1.63. The lowest BCUT2D eigenvalue weighted by Crippen LogP contribution is -2.52. The third-order valence-corrected chi connectivity index (χ3v) is 6.80. The molecule has 0 aliphatic heterocycles.